The summed E-state index contributed by atoms with van der Waals surface area (Å²) in [5, 5.41) is 1.15. The van der Waals surface area contributed by atoms with Gasteiger partial charge in [-0.05, 0) is 35.7 Å². The van der Waals surface area contributed by atoms with E-state index in [1.165, 1.54) is 0 Å². The molecule has 0 bridgehead atoms. The molecule has 0 saturated carbocycles. The molecule has 2 aromatic carbocycles. The number of halogens is 2. The summed E-state index contributed by atoms with van der Waals surface area (Å²) < 4.78 is 0. The Hall–Kier alpha value is -0.980. The van der Waals surface area contributed by atoms with E-state index in [9.17, 15) is 0 Å². The van der Waals surface area contributed by atoms with Crippen molar-refractivity contribution in [2.45, 2.75) is 0 Å². The number of rotatable bonds is 1. The Morgan fingerprint density at radius 3 is 1.93 bits per heavy atom. The van der Waals surface area contributed by atoms with E-state index in [1.807, 2.05) is 36.4 Å². The molecule has 1 radical (unpaired) electrons. The van der Waals surface area contributed by atoms with Crippen LogP contribution in [0.4, 0.5) is 0 Å². The Morgan fingerprint density at radius 1 is 0.733 bits per heavy atom. The van der Waals surface area contributed by atoms with Crippen molar-refractivity contribution in [2.75, 3.05) is 0 Å². The summed E-state index contributed by atoms with van der Waals surface area (Å²) in [7, 11) is 0. The highest BCUT2D eigenvalue weighted by molar-refractivity contribution is 6.42. The second kappa shape index (κ2) is 4.26. The molecule has 0 aliphatic carbocycles. The molecule has 0 nitrogen and oxygen atoms in total. The van der Waals surface area contributed by atoms with Crippen LogP contribution in [-0.4, -0.2) is 0 Å². The van der Waals surface area contributed by atoms with Gasteiger partial charge in [0.05, 0.1) is 10.0 Å². The van der Waals surface area contributed by atoms with Gasteiger partial charge in [-0.1, -0.05) is 53.5 Å². The molecule has 75 valence electrons. The molecule has 2 rings (SSSR count). The fourth-order valence-corrected chi connectivity index (χ4v) is 1.67. The van der Waals surface area contributed by atoms with Gasteiger partial charge in [0, 0.05) is 0 Å². The van der Waals surface area contributed by atoms with Crippen LogP contribution in [-0.2, 0) is 0 Å². The zero-order valence-corrected chi connectivity index (χ0v) is 9.52. The van der Waals surface area contributed by atoms with Crippen LogP contribution in [0.5, 0.6) is 0 Å². The molecule has 0 amide bonds. The van der Waals surface area contributed by atoms with Crippen LogP contribution in [0.3, 0.4) is 0 Å². The van der Waals surface area contributed by atoms with Gasteiger partial charge in [0.2, 0.25) is 0 Å². The van der Waals surface area contributed by atoms with Crippen LogP contribution in [0.1, 0.15) is 5.56 Å². The van der Waals surface area contributed by atoms with Crippen molar-refractivity contribution in [3.8, 4) is 11.1 Å². The molecular weight excluding hydrogens is 227 g/mol. The van der Waals surface area contributed by atoms with Crippen molar-refractivity contribution in [3.05, 3.63) is 65.0 Å². The van der Waals surface area contributed by atoms with E-state index in [1.54, 1.807) is 6.07 Å². The lowest BCUT2D eigenvalue weighted by atomic mass is 10.0. The summed E-state index contributed by atoms with van der Waals surface area (Å²) in [6.45, 7) is 3.84. The van der Waals surface area contributed by atoms with E-state index in [0.717, 1.165) is 16.7 Å². The summed E-state index contributed by atoms with van der Waals surface area (Å²) in [4.78, 5) is 0. The number of benzene rings is 2. The zero-order chi connectivity index (χ0) is 10.8. The van der Waals surface area contributed by atoms with Crippen LogP contribution in [0, 0.1) is 6.92 Å². The van der Waals surface area contributed by atoms with Crippen molar-refractivity contribution in [1.29, 1.82) is 0 Å². The van der Waals surface area contributed by atoms with E-state index >= 15 is 0 Å². The first kappa shape index (κ1) is 10.5. The van der Waals surface area contributed by atoms with Crippen LogP contribution in [0.2, 0.25) is 10.0 Å². The van der Waals surface area contributed by atoms with Crippen molar-refractivity contribution in [2.24, 2.45) is 0 Å². The van der Waals surface area contributed by atoms with Crippen molar-refractivity contribution < 1.29 is 0 Å². The van der Waals surface area contributed by atoms with Gasteiger partial charge in [-0.15, -0.1) is 0 Å². The summed E-state index contributed by atoms with van der Waals surface area (Å²) in [5.41, 5.74) is 3.17. The van der Waals surface area contributed by atoms with Crippen molar-refractivity contribution in [3.63, 3.8) is 0 Å². The molecule has 0 aromatic heterocycles. The fourth-order valence-electron chi connectivity index (χ4n) is 1.37. The minimum atomic E-state index is 0.577. The molecule has 2 aromatic rings. The third kappa shape index (κ3) is 2.34. The first-order chi connectivity index (χ1) is 7.16. The minimum Gasteiger partial charge on any atom is -0.0827 e. The molecule has 0 spiro atoms. The number of hydrogen-bond acceptors (Lipinski definition) is 0. The standard InChI is InChI=1S/C13H9Cl2/c1-9-2-4-10(5-3-9)11-6-7-12(14)13(15)8-11/h2-8H,1H2. The lowest BCUT2D eigenvalue weighted by Crippen LogP contribution is -1.79. The molecule has 0 fully saturated rings. The average Bonchev–Trinajstić information content (AvgIpc) is 2.23. The lowest BCUT2D eigenvalue weighted by Gasteiger charge is -2.03. The van der Waals surface area contributed by atoms with Crippen molar-refractivity contribution >= 4 is 23.2 Å². The minimum absolute atomic E-state index is 0.577. The maximum Gasteiger partial charge on any atom is 0.0598 e. The highest BCUT2D eigenvalue weighted by Gasteiger charge is 2.01. The third-order valence-electron chi connectivity index (χ3n) is 2.21. The smallest absolute Gasteiger partial charge is 0.0598 e. The van der Waals surface area contributed by atoms with Gasteiger partial charge >= 0.3 is 0 Å². The van der Waals surface area contributed by atoms with Crippen LogP contribution in [0.25, 0.3) is 11.1 Å². The van der Waals surface area contributed by atoms with E-state index < -0.39 is 0 Å². The molecule has 2 heteroatoms. The predicted octanol–water partition coefficient (Wildman–Crippen LogP) is 4.84. The summed E-state index contributed by atoms with van der Waals surface area (Å²) in [6.07, 6.45) is 0. The summed E-state index contributed by atoms with van der Waals surface area (Å²) in [6, 6.07) is 13.6. The van der Waals surface area contributed by atoms with E-state index in [4.69, 9.17) is 23.2 Å². The molecule has 0 saturated heterocycles. The second-order valence-corrected chi connectivity index (χ2v) is 4.14. The fraction of sp³-hybridized carbons (Fsp3) is 0. The molecule has 0 aliphatic rings. The van der Waals surface area contributed by atoms with Crippen LogP contribution < -0.4 is 0 Å². The lowest BCUT2D eigenvalue weighted by molar-refractivity contribution is 1.57. The van der Waals surface area contributed by atoms with Crippen molar-refractivity contribution in [1.82, 2.24) is 0 Å². The van der Waals surface area contributed by atoms with E-state index in [2.05, 4.69) is 6.92 Å². The Bertz CT molecular complexity index is 472. The molecule has 0 aliphatic heterocycles. The summed E-state index contributed by atoms with van der Waals surface area (Å²) in [5.74, 6) is 0. The van der Waals surface area contributed by atoms with Gasteiger partial charge in [-0.2, -0.15) is 0 Å². The first-order valence-electron chi connectivity index (χ1n) is 4.54. The molecule has 0 N–H and O–H groups in total. The number of hydrogen-bond donors (Lipinski definition) is 0. The Morgan fingerprint density at radius 2 is 1.33 bits per heavy atom. The Kier molecular flexibility index (Phi) is 2.99. The van der Waals surface area contributed by atoms with E-state index in [-0.39, 0.29) is 0 Å². The van der Waals surface area contributed by atoms with Crippen LogP contribution >= 0.6 is 23.2 Å². The summed E-state index contributed by atoms with van der Waals surface area (Å²) >= 11 is 11.8. The largest absolute Gasteiger partial charge is 0.0827 e. The van der Waals surface area contributed by atoms with Gasteiger partial charge in [0.15, 0.2) is 0 Å². The maximum atomic E-state index is 5.95. The SMILES string of the molecule is [CH2]c1ccc(-c2ccc(Cl)c(Cl)c2)cc1. The molecule has 0 unspecified atom stereocenters. The highest BCUT2D eigenvalue weighted by Crippen LogP contribution is 2.28. The third-order valence-corrected chi connectivity index (χ3v) is 2.95. The van der Waals surface area contributed by atoms with Crippen LogP contribution in [0.15, 0.2) is 42.5 Å². The predicted molar refractivity (Wildman–Crippen MR) is 66.4 cm³/mol. The normalized spacial score (nSPS) is 10.3. The van der Waals surface area contributed by atoms with Gasteiger partial charge in [0.25, 0.3) is 0 Å². The monoisotopic (exact) mass is 235 g/mol. The van der Waals surface area contributed by atoms with Gasteiger partial charge < -0.3 is 0 Å². The maximum absolute atomic E-state index is 5.95. The molecule has 0 atom stereocenters. The average molecular weight is 236 g/mol. The zero-order valence-electron chi connectivity index (χ0n) is 8.00. The first-order valence-corrected chi connectivity index (χ1v) is 5.30. The molecule has 15 heavy (non-hydrogen) atoms. The second-order valence-electron chi connectivity index (χ2n) is 3.33. The van der Waals surface area contributed by atoms with E-state index in [0.29, 0.717) is 10.0 Å². The highest BCUT2D eigenvalue weighted by atomic mass is 35.5. The molecule has 0 heterocycles. The quantitative estimate of drug-likeness (QED) is 0.664. The molecular formula is C13H9Cl2. The Balaban J connectivity index is 2.45. The Labute approximate surface area is 99.5 Å². The van der Waals surface area contributed by atoms with Gasteiger partial charge in [-0.25, -0.2) is 0 Å². The topological polar surface area (TPSA) is 0 Å². The van der Waals surface area contributed by atoms with Gasteiger partial charge in [0.1, 0.15) is 0 Å². The van der Waals surface area contributed by atoms with Gasteiger partial charge in [-0.3, -0.25) is 0 Å².